The van der Waals surface area contributed by atoms with Crippen LogP contribution in [0.15, 0.2) is 24.3 Å². The van der Waals surface area contributed by atoms with Crippen LogP contribution in [0.5, 0.6) is 0 Å². The van der Waals surface area contributed by atoms with Crippen LogP contribution in [0.25, 0.3) is 0 Å². The smallest absolute Gasteiger partial charge is 0.220 e. The standard InChI is InChI=1S/C16H22FNO2/c17-15-4-2-1-3-13(15)7-10-16(20)18-14-8-5-12(11-19)6-9-14/h1-4,12,14,19H,5-11H2,(H,18,20). The van der Waals surface area contributed by atoms with Crippen LogP contribution in [0.3, 0.4) is 0 Å². The Hall–Kier alpha value is -1.42. The van der Waals surface area contributed by atoms with E-state index < -0.39 is 0 Å². The fourth-order valence-corrected chi connectivity index (χ4v) is 2.74. The van der Waals surface area contributed by atoms with Crippen molar-refractivity contribution in [2.75, 3.05) is 6.61 Å². The molecule has 0 spiro atoms. The number of hydrogen-bond acceptors (Lipinski definition) is 2. The number of benzene rings is 1. The van der Waals surface area contributed by atoms with Crippen molar-refractivity contribution in [2.45, 2.75) is 44.6 Å². The van der Waals surface area contributed by atoms with E-state index in [0.717, 1.165) is 25.7 Å². The highest BCUT2D eigenvalue weighted by Crippen LogP contribution is 2.23. The SMILES string of the molecule is O=C(CCc1ccccc1F)NC1CCC(CO)CC1. The van der Waals surface area contributed by atoms with Crippen LogP contribution >= 0.6 is 0 Å². The van der Waals surface area contributed by atoms with Crippen LogP contribution in [0.4, 0.5) is 4.39 Å². The Labute approximate surface area is 119 Å². The van der Waals surface area contributed by atoms with Gasteiger partial charge in [0.05, 0.1) is 0 Å². The van der Waals surface area contributed by atoms with Gasteiger partial charge in [-0.25, -0.2) is 4.39 Å². The van der Waals surface area contributed by atoms with Gasteiger partial charge in [0.25, 0.3) is 0 Å². The summed E-state index contributed by atoms with van der Waals surface area (Å²) < 4.78 is 13.4. The maximum atomic E-state index is 13.4. The molecule has 1 aromatic carbocycles. The van der Waals surface area contributed by atoms with Gasteiger partial charge in [0, 0.05) is 19.1 Å². The first kappa shape index (κ1) is 15.0. The number of halogens is 1. The predicted molar refractivity (Wildman–Crippen MR) is 75.7 cm³/mol. The summed E-state index contributed by atoms with van der Waals surface area (Å²) >= 11 is 0. The van der Waals surface area contributed by atoms with Crippen molar-refractivity contribution in [1.82, 2.24) is 5.32 Å². The molecule has 1 saturated carbocycles. The highest BCUT2D eigenvalue weighted by Gasteiger charge is 2.21. The third kappa shape index (κ3) is 4.30. The lowest BCUT2D eigenvalue weighted by atomic mass is 9.86. The first-order valence-electron chi connectivity index (χ1n) is 7.32. The lowest BCUT2D eigenvalue weighted by molar-refractivity contribution is -0.122. The van der Waals surface area contributed by atoms with Gasteiger partial charge in [0.1, 0.15) is 5.82 Å². The molecule has 0 aromatic heterocycles. The topological polar surface area (TPSA) is 49.3 Å². The summed E-state index contributed by atoms with van der Waals surface area (Å²) in [6.07, 6.45) is 4.54. The lowest BCUT2D eigenvalue weighted by Crippen LogP contribution is -2.38. The van der Waals surface area contributed by atoms with Crippen molar-refractivity contribution in [2.24, 2.45) is 5.92 Å². The van der Waals surface area contributed by atoms with Crippen LogP contribution in [0, 0.1) is 11.7 Å². The molecule has 1 amide bonds. The van der Waals surface area contributed by atoms with E-state index in [1.807, 2.05) is 0 Å². The summed E-state index contributed by atoms with van der Waals surface area (Å²) in [5.74, 6) is 0.131. The summed E-state index contributed by atoms with van der Waals surface area (Å²) in [5.41, 5.74) is 0.589. The number of aliphatic hydroxyl groups is 1. The maximum Gasteiger partial charge on any atom is 0.220 e. The molecule has 0 atom stereocenters. The van der Waals surface area contributed by atoms with Gasteiger partial charge in [-0.15, -0.1) is 0 Å². The number of carbonyl (C=O) groups excluding carboxylic acids is 1. The molecule has 110 valence electrons. The molecule has 0 aliphatic heterocycles. The second kappa shape index (κ2) is 7.39. The zero-order chi connectivity index (χ0) is 14.4. The van der Waals surface area contributed by atoms with Crippen molar-refractivity contribution in [3.63, 3.8) is 0 Å². The minimum atomic E-state index is -0.247. The molecule has 0 unspecified atom stereocenters. The van der Waals surface area contributed by atoms with Crippen molar-refractivity contribution < 1.29 is 14.3 Å². The van der Waals surface area contributed by atoms with Crippen molar-refractivity contribution in [1.29, 1.82) is 0 Å². The Bertz CT molecular complexity index is 442. The minimum Gasteiger partial charge on any atom is -0.396 e. The summed E-state index contributed by atoms with van der Waals surface area (Å²) in [6.45, 7) is 0.244. The number of aryl methyl sites for hydroxylation is 1. The van der Waals surface area contributed by atoms with E-state index in [1.165, 1.54) is 6.07 Å². The average molecular weight is 279 g/mol. The number of hydrogen-bond donors (Lipinski definition) is 2. The summed E-state index contributed by atoms with van der Waals surface area (Å²) in [5, 5.41) is 12.1. The van der Waals surface area contributed by atoms with Crippen LogP contribution in [0.2, 0.25) is 0 Å². The Morgan fingerprint density at radius 3 is 2.60 bits per heavy atom. The second-order valence-electron chi connectivity index (χ2n) is 5.56. The third-order valence-electron chi connectivity index (χ3n) is 4.05. The van der Waals surface area contributed by atoms with Crippen LogP contribution in [-0.4, -0.2) is 23.7 Å². The third-order valence-corrected chi connectivity index (χ3v) is 4.05. The lowest BCUT2D eigenvalue weighted by Gasteiger charge is -2.27. The first-order chi connectivity index (χ1) is 9.69. The first-order valence-corrected chi connectivity index (χ1v) is 7.32. The molecule has 20 heavy (non-hydrogen) atoms. The van der Waals surface area contributed by atoms with Gasteiger partial charge in [0.15, 0.2) is 0 Å². The molecule has 2 N–H and O–H groups in total. The van der Waals surface area contributed by atoms with Gasteiger partial charge >= 0.3 is 0 Å². The van der Waals surface area contributed by atoms with Gasteiger partial charge in [0.2, 0.25) is 5.91 Å². The molecule has 1 aromatic rings. The average Bonchev–Trinajstić information content (AvgIpc) is 2.47. The Balaban J connectivity index is 1.72. The van der Waals surface area contributed by atoms with Crippen LogP contribution < -0.4 is 5.32 Å². The van der Waals surface area contributed by atoms with Crippen LogP contribution in [0.1, 0.15) is 37.7 Å². The van der Waals surface area contributed by atoms with E-state index in [0.29, 0.717) is 24.3 Å². The van der Waals surface area contributed by atoms with E-state index in [-0.39, 0.29) is 24.4 Å². The zero-order valence-electron chi connectivity index (χ0n) is 11.6. The molecule has 0 radical (unpaired) electrons. The van der Waals surface area contributed by atoms with E-state index in [2.05, 4.69) is 5.32 Å². The van der Waals surface area contributed by atoms with E-state index >= 15 is 0 Å². The highest BCUT2D eigenvalue weighted by atomic mass is 19.1. The van der Waals surface area contributed by atoms with Gasteiger partial charge in [-0.3, -0.25) is 4.79 Å². The van der Waals surface area contributed by atoms with Crippen molar-refractivity contribution >= 4 is 5.91 Å². The van der Waals surface area contributed by atoms with Gasteiger partial charge < -0.3 is 10.4 Å². The molecule has 4 heteroatoms. The molecule has 2 rings (SSSR count). The fourth-order valence-electron chi connectivity index (χ4n) is 2.74. The van der Waals surface area contributed by atoms with Gasteiger partial charge in [-0.05, 0) is 49.7 Å². The number of amides is 1. The van der Waals surface area contributed by atoms with E-state index in [9.17, 15) is 9.18 Å². The van der Waals surface area contributed by atoms with Crippen molar-refractivity contribution in [3.05, 3.63) is 35.6 Å². The molecule has 1 aliphatic carbocycles. The number of aliphatic hydroxyl groups excluding tert-OH is 1. The maximum absolute atomic E-state index is 13.4. The van der Waals surface area contributed by atoms with E-state index in [4.69, 9.17) is 5.11 Å². The molecule has 0 saturated heterocycles. The molecule has 0 heterocycles. The zero-order valence-corrected chi connectivity index (χ0v) is 11.6. The monoisotopic (exact) mass is 279 g/mol. The number of rotatable bonds is 5. The quantitative estimate of drug-likeness (QED) is 0.869. The van der Waals surface area contributed by atoms with E-state index in [1.54, 1.807) is 18.2 Å². The van der Waals surface area contributed by atoms with Crippen molar-refractivity contribution in [3.8, 4) is 0 Å². The fraction of sp³-hybridized carbons (Fsp3) is 0.562. The number of carbonyl (C=O) groups is 1. The van der Waals surface area contributed by atoms with Gasteiger partial charge in [-0.1, -0.05) is 18.2 Å². The molecule has 1 fully saturated rings. The molecule has 0 bridgehead atoms. The highest BCUT2D eigenvalue weighted by molar-refractivity contribution is 5.76. The predicted octanol–water partition coefficient (Wildman–Crippen LogP) is 2.43. The molecule has 3 nitrogen and oxygen atoms in total. The summed E-state index contributed by atoms with van der Waals surface area (Å²) in [7, 11) is 0. The Morgan fingerprint density at radius 1 is 1.25 bits per heavy atom. The molecular formula is C16H22FNO2. The molecule has 1 aliphatic rings. The Morgan fingerprint density at radius 2 is 1.95 bits per heavy atom. The minimum absolute atomic E-state index is 0.0132. The summed E-state index contributed by atoms with van der Waals surface area (Å²) in [4.78, 5) is 11.9. The number of nitrogens with one attached hydrogen (secondary N) is 1. The van der Waals surface area contributed by atoms with Crippen LogP contribution in [-0.2, 0) is 11.2 Å². The normalized spacial score (nSPS) is 22.5. The molecular weight excluding hydrogens is 257 g/mol. The second-order valence-corrected chi connectivity index (χ2v) is 5.56. The largest absolute Gasteiger partial charge is 0.396 e. The Kier molecular flexibility index (Phi) is 5.53. The summed E-state index contributed by atoms with van der Waals surface area (Å²) in [6, 6.07) is 6.79. The van der Waals surface area contributed by atoms with Gasteiger partial charge in [-0.2, -0.15) is 0 Å².